The summed E-state index contributed by atoms with van der Waals surface area (Å²) in [5.74, 6) is -2.52. The third-order valence-corrected chi connectivity index (χ3v) is 2.88. The molecule has 5 heteroatoms. The third kappa shape index (κ3) is 3.01. The lowest BCUT2D eigenvalue weighted by Gasteiger charge is -2.11. The summed E-state index contributed by atoms with van der Waals surface area (Å²) in [5, 5.41) is 0. The zero-order valence-electron chi connectivity index (χ0n) is 9.80. The van der Waals surface area contributed by atoms with Gasteiger partial charge in [-0.15, -0.1) is 11.6 Å². The second kappa shape index (κ2) is 5.97. The summed E-state index contributed by atoms with van der Waals surface area (Å²) in [4.78, 5) is 0. The SMILES string of the molecule is Fc1cccc(COc2c(F)cccc2CCl)c1F. The highest BCUT2D eigenvalue weighted by molar-refractivity contribution is 6.17. The van der Waals surface area contributed by atoms with Crippen LogP contribution >= 0.6 is 11.6 Å². The number of hydrogen-bond acceptors (Lipinski definition) is 1. The highest BCUT2D eigenvalue weighted by Gasteiger charge is 2.12. The zero-order chi connectivity index (χ0) is 13.8. The van der Waals surface area contributed by atoms with Crippen molar-refractivity contribution in [2.45, 2.75) is 12.5 Å². The number of para-hydroxylation sites is 1. The third-order valence-electron chi connectivity index (χ3n) is 2.60. The highest BCUT2D eigenvalue weighted by Crippen LogP contribution is 2.25. The predicted octanol–water partition coefficient (Wildman–Crippen LogP) is 4.42. The Kier molecular flexibility index (Phi) is 4.32. The van der Waals surface area contributed by atoms with Crippen LogP contribution in [0.5, 0.6) is 5.75 Å². The molecule has 2 aromatic rings. The first kappa shape index (κ1) is 13.7. The van der Waals surface area contributed by atoms with Gasteiger partial charge in [0.05, 0.1) is 5.88 Å². The number of hydrogen-bond donors (Lipinski definition) is 0. The summed E-state index contributed by atoms with van der Waals surface area (Å²) < 4.78 is 45.2. The quantitative estimate of drug-likeness (QED) is 0.756. The van der Waals surface area contributed by atoms with E-state index in [0.29, 0.717) is 5.56 Å². The largest absolute Gasteiger partial charge is 0.485 e. The molecular weight excluding hydrogens is 277 g/mol. The van der Waals surface area contributed by atoms with Crippen LogP contribution in [-0.2, 0) is 12.5 Å². The molecule has 0 amide bonds. The molecule has 0 bridgehead atoms. The average Bonchev–Trinajstić information content (AvgIpc) is 2.41. The first-order valence-corrected chi connectivity index (χ1v) is 6.06. The topological polar surface area (TPSA) is 9.23 Å². The van der Waals surface area contributed by atoms with Crippen molar-refractivity contribution in [3.8, 4) is 5.75 Å². The number of rotatable bonds is 4. The van der Waals surface area contributed by atoms with Crippen LogP contribution in [-0.4, -0.2) is 0 Å². The fourth-order valence-corrected chi connectivity index (χ4v) is 1.84. The molecule has 100 valence electrons. The number of alkyl halides is 1. The van der Waals surface area contributed by atoms with Crippen LogP contribution in [0.4, 0.5) is 13.2 Å². The van der Waals surface area contributed by atoms with Crippen molar-refractivity contribution in [1.29, 1.82) is 0 Å². The molecule has 1 nitrogen and oxygen atoms in total. The molecular formula is C14H10ClF3O. The molecule has 0 atom stereocenters. The Labute approximate surface area is 113 Å². The Morgan fingerprint density at radius 3 is 2.21 bits per heavy atom. The molecule has 0 aromatic heterocycles. The molecule has 0 aliphatic rings. The Morgan fingerprint density at radius 2 is 1.53 bits per heavy atom. The average molecular weight is 287 g/mol. The van der Waals surface area contributed by atoms with Crippen LogP contribution in [0.15, 0.2) is 36.4 Å². The summed E-state index contributed by atoms with van der Waals surface area (Å²) >= 11 is 5.66. The summed E-state index contributed by atoms with van der Waals surface area (Å²) in [6, 6.07) is 8.07. The number of halogens is 4. The molecule has 0 unspecified atom stereocenters. The van der Waals surface area contributed by atoms with Gasteiger partial charge in [-0.2, -0.15) is 0 Å². The highest BCUT2D eigenvalue weighted by atomic mass is 35.5. The van der Waals surface area contributed by atoms with E-state index in [0.717, 1.165) is 6.07 Å². The minimum Gasteiger partial charge on any atom is -0.485 e. The van der Waals surface area contributed by atoms with Crippen molar-refractivity contribution in [2.24, 2.45) is 0 Å². The minimum absolute atomic E-state index is 0.0174. The van der Waals surface area contributed by atoms with Gasteiger partial charge in [0.1, 0.15) is 6.61 Å². The van der Waals surface area contributed by atoms with Gasteiger partial charge in [-0.3, -0.25) is 0 Å². The molecule has 0 aliphatic carbocycles. The Balaban J connectivity index is 2.21. The lowest BCUT2D eigenvalue weighted by Crippen LogP contribution is -2.03. The van der Waals surface area contributed by atoms with E-state index < -0.39 is 17.5 Å². The van der Waals surface area contributed by atoms with Gasteiger partial charge in [-0.25, -0.2) is 13.2 Å². The Hall–Kier alpha value is -1.68. The smallest absolute Gasteiger partial charge is 0.165 e. The van der Waals surface area contributed by atoms with E-state index in [1.807, 2.05) is 0 Å². The molecule has 0 N–H and O–H groups in total. The van der Waals surface area contributed by atoms with Gasteiger partial charge in [-0.1, -0.05) is 24.3 Å². The lowest BCUT2D eigenvalue weighted by atomic mass is 10.2. The van der Waals surface area contributed by atoms with Crippen LogP contribution < -0.4 is 4.74 Å². The molecule has 2 aromatic carbocycles. The number of ether oxygens (including phenoxy) is 1. The van der Waals surface area contributed by atoms with Crippen LogP contribution in [0.2, 0.25) is 0 Å². The van der Waals surface area contributed by atoms with E-state index in [-0.39, 0.29) is 23.8 Å². The van der Waals surface area contributed by atoms with Crippen molar-refractivity contribution < 1.29 is 17.9 Å². The Bertz CT molecular complexity index is 587. The van der Waals surface area contributed by atoms with Crippen LogP contribution in [0, 0.1) is 17.5 Å². The van der Waals surface area contributed by atoms with E-state index in [4.69, 9.17) is 16.3 Å². The zero-order valence-corrected chi connectivity index (χ0v) is 10.6. The molecule has 19 heavy (non-hydrogen) atoms. The maximum atomic E-state index is 13.6. The van der Waals surface area contributed by atoms with Crippen LogP contribution in [0.1, 0.15) is 11.1 Å². The van der Waals surface area contributed by atoms with Gasteiger partial charge in [0.2, 0.25) is 0 Å². The summed E-state index contributed by atoms with van der Waals surface area (Å²) in [5.41, 5.74) is 0.474. The van der Waals surface area contributed by atoms with Gasteiger partial charge >= 0.3 is 0 Å². The maximum absolute atomic E-state index is 13.6. The first-order chi connectivity index (χ1) is 9.13. The molecule has 0 radical (unpaired) electrons. The molecule has 0 fully saturated rings. The summed E-state index contributed by atoms with van der Waals surface area (Å²) in [7, 11) is 0. The molecule has 0 heterocycles. The van der Waals surface area contributed by atoms with E-state index in [2.05, 4.69) is 0 Å². The monoisotopic (exact) mass is 286 g/mol. The standard InChI is InChI=1S/C14H10ClF3O/c15-7-9-3-1-6-12(17)14(9)19-8-10-4-2-5-11(16)13(10)18/h1-6H,7-8H2. The van der Waals surface area contributed by atoms with Crippen molar-refractivity contribution in [3.63, 3.8) is 0 Å². The van der Waals surface area contributed by atoms with E-state index >= 15 is 0 Å². The molecule has 0 spiro atoms. The van der Waals surface area contributed by atoms with Crippen LogP contribution in [0.25, 0.3) is 0 Å². The van der Waals surface area contributed by atoms with E-state index in [1.165, 1.54) is 24.3 Å². The molecule has 0 saturated carbocycles. The molecule has 0 saturated heterocycles. The molecule has 2 rings (SSSR count). The second-order valence-corrected chi connectivity index (χ2v) is 4.13. The van der Waals surface area contributed by atoms with E-state index in [1.54, 1.807) is 6.07 Å². The molecule has 0 aliphatic heterocycles. The van der Waals surface area contributed by atoms with Gasteiger partial charge in [0.25, 0.3) is 0 Å². The van der Waals surface area contributed by atoms with Crippen molar-refractivity contribution in [1.82, 2.24) is 0 Å². The van der Waals surface area contributed by atoms with Gasteiger partial charge in [-0.05, 0) is 12.1 Å². The van der Waals surface area contributed by atoms with Gasteiger partial charge < -0.3 is 4.74 Å². The summed E-state index contributed by atoms with van der Waals surface area (Å²) in [6.07, 6.45) is 0. The predicted molar refractivity (Wildman–Crippen MR) is 66.6 cm³/mol. The van der Waals surface area contributed by atoms with Gasteiger partial charge in [0, 0.05) is 11.1 Å². The fourth-order valence-electron chi connectivity index (χ4n) is 1.63. The van der Waals surface area contributed by atoms with Crippen molar-refractivity contribution in [3.05, 3.63) is 65.0 Å². The number of benzene rings is 2. The minimum atomic E-state index is -0.994. The van der Waals surface area contributed by atoms with Gasteiger partial charge in [0.15, 0.2) is 23.2 Å². The van der Waals surface area contributed by atoms with Crippen molar-refractivity contribution >= 4 is 11.6 Å². The van der Waals surface area contributed by atoms with Crippen molar-refractivity contribution in [2.75, 3.05) is 0 Å². The van der Waals surface area contributed by atoms with E-state index in [9.17, 15) is 13.2 Å². The maximum Gasteiger partial charge on any atom is 0.165 e. The Morgan fingerprint density at radius 1 is 0.895 bits per heavy atom. The normalized spacial score (nSPS) is 10.5. The lowest BCUT2D eigenvalue weighted by molar-refractivity contribution is 0.280. The second-order valence-electron chi connectivity index (χ2n) is 3.86. The summed E-state index contributed by atoms with van der Waals surface area (Å²) in [6.45, 7) is -0.269. The fraction of sp³-hybridized carbons (Fsp3) is 0.143. The first-order valence-electron chi connectivity index (χ1n) is 5.52. The van der Waals surface area contributed by atoms with Crippen LogP contribution in [0.3, 0.4) is 0 Å².